The second-order valence-corrected chi connectivity index (χ2v) is 10.6. The van der Waals surface area contributed by atoms with Gasteiger partial charge < -0.3 is 14.8 Å². The van der Waals surface area contributed by atoms with Crippen molar-refractivity contribution in [2.75, 3.05) is 10.8 Å². The van der Waals surface area contributed by atoms with Crippen molar-refractivity contribution in [3.63, 3.8) is 0 Å². The molecule has 0 spiro atoms. The molecule has 196 valence electrons. The number of benzene rings is 4. The van der Waals surface area contributed by atoms with Crippen molar-refractivity contribution < 1.29 is 23.1 Å². The van der Waals surface area contributed by atoms with Gasteiger partial charge in [-0.15, -0.1) is 10.2 Å². The highest BCUT2D eigenvalue weighted by Crippen LogP contribution is 2.35. The zero-order chi connectivity index (χ0) is 27.4. The van der Waals surface area contributed by atoms with Gasteiger partial charge in [0.1, 0.15) is 18.0 Å². The molecular weight excluding hydrogens is 516 g/mol. The molecule has 5 rings (SSSR count). The number of nitrogens with zero attached hydrogens (tertiary/aromatic N) is 3. The van der Waals surface area contributed by atoms with Gasteiger partial charge in [-0.1, -0.05) is 54.1 Å². The first-order valence-electron chi connectivity index (χ1n) is 12.0. The van der Waals surface area contributed by atoms with Gasteiger partial charge in [-0.3, -0.25) is 9.10 Å². The van der Waals surface area contributed by atoms with Crippen molar-refractivity contribution in [3.05, 3.63) is 109 Å². The minimum absolute atomic E-state index is 0.0255. The molecule has 4 aromatic carbocycles. The summed E-state index contributed by atoms with van der Waals surface area (Å²) < 4.78 is 34.1. The predicted octanol–water partition coefficient (Wildman–Crippen LogP) is 6.48. The van der Waals surface area contributed by atoms with Gasteiger partial charge in [-0.25, -0.2) is 8.42 Å². The Kier molecular flexibility index (Phi) is 7.11. The number of ether oxygens (including phenoxy) is 1. The molecule has 1 heterocycles. The highest BCUT2D eigenvalue weighted by Gasteiger charge is 2.27. The Morgan fingerprint density at radius 3 is 2.23 bits per heavy atom. The number of aromatic amines is 1. The van der Waals surface area contributed by atoms with E-state index in [-0.39, 0.29) is 16.5 Å². The van der Waals surface area contributed by atoms with Gasteiger partial charge in [0.05, 0.1) is 16.1 Å². The number of para-hydroxylation sites is 2. The fourth-order valence-corrected chi connectivity index (χ4v) is 5.35. The normalized spacial score (nSPS) is 11.6. The molecular formula is C29H24N4O5S. The summed E-state index contributed by atoms with van der Waals surface area (Å²) >= 11 is 0. The summed E-state index contributed by atoms with van der Waals surface area (Å²) in [7, 11) is -4.17. The number of sulfonamides is 1. The molecule has 0 unspecified atom stereocenters. The molecule has 10 heteroatoms. The molecule has 1 amide bonds. The fourth-order valence-electron chi connectivity index (χ4n) is 3.93. The Bertz CT molecular complexity index is 1750. The molecule has 0 aliphatic carbocycles. The van der Waals surface area contributed by atoms with E-state index >= 15 is 0 Å². The van der Waals surface area contributed by atoms with E-state index in [0.29, 0.717) is 28.1 Å². The summed E-state index contributed by atoms with van der Waals surface area (Å²) in [6.07, 6.45) is 0. The van der Waals surface area contributed by atoms with Gasteiger partial charge in [-0.05, 0) is 61.5 Å². The molecule has 39 heavy (non-hydrogen) atoms. The summed E-state index contributed by atoms with van der Waals surface area (Å²) in [5, 5.41) is 18.4. The number of fused-ring (bicyclic) bond motifs is 1. The second kappa shape index (κ2) is 10.8. The number of carbonyl (C=O) groups is 1. The van der Waals surface area contributed by atoms with Crippen LogP contribution in [0.15, 0.2) is 118 Å². The molecule has 0 saturated carbocycles. The Morgan fingerprint density at radius 2 is 1.51 bits per heavy atom. The molecule has 5 aromatic rings. The van der Waals surface area contributed by atoms with Crippen molar-refractivity contribution in [2.24, 2.45) is 10.2 Å². The largest absolute Gasteiger partial charge is 0.493 e. The van der Waals surface area contributed by atoms with Crippen LogP contribution in [0.1, 0.15) is 5.56 Å². The molecule has 0 bridgehead atoms. The first kappa shape index (κ1) is 25.7. The van der Waals surface area contributed by atoms with Crippen molar-refractivity contribution in [3.8, 4) is 17.4 Å². The van der Waals surface area contributed by atoms with Crippen LogP contribution < -0.4 is 9.04 Å². The monoisotopic (exact) mass is 540 g/mol. The van der Waals surface area contributed by atoms with Gasteiger partial charge in [0.25, 0.3) is 15.9 Å². The van der Waals surface area contributed by atoms with Crippen LogP contribution in [0.5, 0.6) is 17.4 Å². The number of hydrogen-bond donors (Lipinski definition) is 2. The lowest BCUT2D eigenvalue weighted by molar-refractivity contribution is -0.116. The second-order valence-electron chi connectivity index (χ2n) is 8.70. The Hall–Kier alpha value is -4.96. The Morgan fingerprint density at radius 1 is 0.872 bits per heavy atom. The van der Waals surface area contributed by atoms with Gasteiger partial charge in [0.15, 0.2) is 5.69 Å². The molecule has 0 aliphatic rings. The Balaban J connectivity index is 1.42. The van der Waals surface area contributed by atoms with Gasteiger partial charge in [-0.2, -0.15) is 0 Å². The summed E-state index contributed by atoms with van der Waals surface area (Å²) in [5.41, 5.74) is 1.95. The lowest BCUT2D eigenvalue weighted by atomic mass is 10.2. The molecule has 1 aromatic heterocycles. The average Bonchev–Trinajstić information content (AvgIpc) is 3.26. The van der Waals surface area contributed by atoms with Crippen molar-refractivity contribution in [2.45, 2.75) is 11.8 Å². The SMILES string of the molecule is Cc1ccc(N(CC(=O)N=Nc2c(O)[nH]c3ccccc23)S(=O)(=O)c2ccc(Oc3ccccc3)cc2)cc1. The van der Waals surface area contributed by atoms with E-state index in [1.54, 1.807) is 72.8 Å². The first-order valence-corrected chi connectivity index (χ1v) is 13.4. The topological polar surface area (TPSA) is 124 Å². The van der Waals surface area contributed by atoms with E-state index in [1.165, 1.54) is 12.1 Å². The summed E-state index contributed by atoms with van der Waals surface area (Å²) in [5.74, 6) is 0.0264. The number of aromatic nitrogens is 1. The van der Waals surface area contributed by atoms with Crippen molar-refractivity contribution in [1.82, 2.24) is 4.98 Å². The van der Waals surface area contributed by atoms with E-state index in [1.807, 2.05) is 25.1 Å². The van der Waals surface area contributed by atoms with Crippen LogP contribution in [0.4, 0.5) is 11.4 Å². The van der Waals surface area contributed by atoms with Gasteiger partial charge >= 0.3 is 0 Å². The predicted molar refractivity (Wildman–Crippen MR) is 148 cm³/mol. The number of amides is 1. The lowest BCUT2D eigenvalue weighted by Crippen LogP contribution is -2.35. The van der Waals surface area contributed by atoms with Crippen LogP contribution in [-0.4, -0.2) is 31.0 Å². The molecule has 0 fully saturated rings. The van der Waals surface area contributed by atoms with Crippen molar-refractivity contribution in [1.29, 1.82) is 0 Å². The van der Waals surface area contributed by atoms with Crippen LogP contribution in [0.2, 0.25) is 0 Å². The first-order chi connectivity index (χ1) is 18.8. The van der Waals surface area contributed by atoms with E-state index in [4.69, 9.17) is 4.74 Å². The minimum atomic E-state index is -4.17. The molecule has 2 N–H and O–H groups in total. The average molecular weight is 541 g/mol. The van der Waals surface area contributed by atoms with Crippen LogP contribution in [0.3, 0.4) is 0 Å². The number of H-pyrrole nitrogens is 1. The van der Waals surface area contributed by atoms with Gasteiger partial charge in [0.2, 0.25) is 5.88 Å². The Labute approximate surface area is 225 Å². The molecule has 0 radical (unpaired) electrons. The number of aryl methyl sites for hydroxylation is 1. The highest BCUT2D eigenvalue weighted by molar-refractivity contribution is 7.92. The number of azo groups is 1. The van der Waals surface area contributed by atoms with Crippen LogP contribution in [0.25, 0.3) is 10.9 Å². The lowest BCUT2D eigenvalue weighted by Gasteiger charge is -2.23. The van der Waals surface area contributed by atoms with E-state index < -0.39 is 22.5 Å². The third-order valence-corrected chi connectivity index (χ3v) is 7.70. The van der Waals surface area contributed by atoms with Crippen LogP contribution >= 0.6 is 0 Å². The molecule has 0 aliphatic heterocycles. The zero-order valence-electron chi connectivity index (χ0n) is 20.9. The number of hydrogen-bond acceptors (Lipinski definition) is 6. The van der Waals surface area contributed by atoms with E-state index in [2.05, 4.69) is 15.2 Å². The maximum absolute atomic E-state index is 13.7. The standard InChI is InChI=1S/C29H24N4O5S/c1-20-11-13-21(14-12-20)33(19-27(34)31-32-28-25-9-5-6-10-26(25)30-29(28)35)39(36,37)24-17-15-23(16-18-24)38-22-7-3-2-4-8-22/h2-18,30,35H,19H2,1H3. The summed E-state index contributed by atoms with van der Waals surface area (Å²) in [4.78, 5) is 15.6. The number of aromatic hydroxyl groups is 1. The van der Waals surface area contributed by atoms with Crippen molar-refractivity contribution >= 4 is 38.2 Å². The maximum atomic E-state index is 13.7. The number of anilines is 1. The van der Waals surface area contributed by atoms with E-state index in [0.717, 1.165) is 9.87 Å². The minimum Gasteiger partial charge on any atom is -0.493 e. The quantitative estimate of drug-likeness (QED) is 0.218. The number of carbonyl (C=O) groups excluding carboxylic acids is 1. The third-order valence-electron chi connectivity index (χ3n) is 5.91. The number of nitrogens with one attached hydrogen (secondary N) is 1. The van der Waals surface area contributed by atoms with E-state index in [9.17, 15) is 18.3 Å². The summed E-state index contributed by atoms with van der Waals surface area (Å²) in [6.45, 7) is 1.28. The number of rotatable bonds is 8. The third kappa shape index (κ3) is 5.65. The molecule has 0 atom stereocenters. The molecule has 0 saturated heterocycles. The highest BCUT2D eigenvalue weighted by atomic mass is 32.2. The molecule has 9 nitrogen and oxygen atoms in total. The van der Waals surface area contributed by atoms with Gasteiger partial charge in [0, 0.05) is 5.39 Å². The van der Waals surface area contributed by atoms with Crippen LogP contribution in [-0.2, 0) is 14.8 Å². The summed E-state index contributed by atoms with van der Waals surface area (Å²) in [6, 6.07) is 28.8. The fraction of sp³-hybridized carbons (Fsp3) is 0.0690. The van der Waals surface area contributed by atoms with Crippen LogP contribution in [0, 0.1) is 6.92 Å². The zero-order valence-corrected chi connectivity index (χ0v) is 21.7. The smallest absolute Gasteiger partial charge is 0.285 e. The maximum Gasteiger partial charge on any atom is 0.285 e.